The van der Waals surface area contributed by atoms with Gasteiger partial charge in [0.1, 0.15) is 5.60 Å². The molecule has 31 heavy (non-hydrogen) atoms. The molecule has 174 valence electrons. The van der Waals surface area contributed by atoms with Crippen LogP contribution in [0.3, 0.4) is 0 Å². The van der Waals surface area contributed by atoms with Gasteiger partial charge in [-0.2, -0.15) is 0 Å². The van der Waals surface area contributed by atoms with E-state index < -0.39 is 5.60 Å². The Bertz CT molecular complexity index is 738. The fraction of sp³-hybridized carbons (Fsp3) is 0.708. The monoisotopic (exact) mass is 435 g/mol. The van der Waals surface area contributed by atoms with E-state index in [1.807, 2.05) is 37.8 Å². The molecule has 2 aliphatic heterocycles. The summed E-state index contributed by atoms with van der Waals surface area (Å²) in [6.45, 7) is 7.66. The molecule has 1 fully saturated rings. The SMILES string of the molecule is COc1cc2c(cc1OC)C(CCCOC1CCCCO1)N(C(=O)OC(C)(C)C)CC2. The highest BCUT2D eigenvalue weighted by Gasteiger charge is 2.34. The van der Waals surface area contributed by atoms with Gasteiger partial charge in [-0.3, -0.25) is 0 Å². The Balaban J connectivity index is 1.76. The minimum absolute atomic E-state index is 0.0984. The summed E-state index contributed by atoms with van der Waals surface area (Å²) >= 11 is 0. The fourth-order valence-corrected chi connectivity index (χ4v) is 4.21. The van der Waals surface area contributed by atoms with Crippen LogP contribution >= 0.6 is 0 Å². The first-order chi connectivity index (χ1) is 14.8. The lowest BCUT2D eigenvalue weighted by molar-refractivity contribution is -0.163. The van der Waals surface area contributed by atoms with E-state index in [1.165, 1.54) is 5.56 Å². The van der Waals surface area contributed by atoms with E-state index in [2.05, 4.69) is 0 Å². The van der Waals surface area contributed by atoms with E-state index in [4.69, 9.17) is 23.7 Å². The van der Waals surface area contributed by atoms with E-state index >= 15 is 0 Å². The molecule has 0 radical (unpaired) electrons. The van der Waals surface area contributed by atoms with Crippen LogP contribution in [0.25, 0.3) is 0 Å². The van der Waals surface area contributed by atoms with Crippen LogP contribution in [-0.4, -0.2) is 56.9 Å². The zero-order valence-corrected chi connectivity index (χ0v) is 19.6. The van der Waals surface area contributed by atoms with Crippen LogP contribution in [0.15, 0.2) is 12.1 Å². The van der Waals surface area contributed by atoms with Crippen molar-refractivity contribution in [3.05, 3.63) is 23.3 Å². The van der Waals surface area contributed by atoms with Gasteiger partial charge in [0.05, 0.1) is 20.3 Å². The molecule has 3 rings (SSSR count). The molecule has 2 unspecified atom stereocenters. The second-order valence-corrected chi connectivity index (χ2v) is 9.15. The van der Waals surface area contributed by atoms with Crippen molar-refractivity contribution in [1.29, 1.82) is 0 Å². The molecule has 0 N–H and O–H groups in total. The standard InChI is InChI=1S/C24H37NO6/c1-24(2,3)31-23(26)25-12-11-17-15-20(27-4)21(28-5)16-18(17)19(25)9-8-14-30-22-10-6-7-13-29-22/h15-16,19,22H,6-14H2,1-5H3. The first-order valence-electron chi connectivity index (χ1n) is 11.3. The summed E-state index contributed by atoms with van der Waals surface area (Å²) in [6.07, 6.45) is 5.16. The summed E-state index contributed by atoms with van der Waals surface area (Å²) in [5, 5.41) is 0. The van der Waals surface area contributed by atoms with Gasteiger partial charge in [0, 0.05) is 19.8 Å². The molecule has 1 aromatic carbocycles. The fourth-order valence-electron chi connectivity index (χ4n) is 4.21. The van der Waals surface area contributed by atoms with Crippen LogP contribution in [0.1, 0.15) is 70.0 Å². The van der Waals surface area contributed by atoms with Crippen LogP contribution < -0.4 is 9.47 Å². The molecule has 0 bridgehead atoms. The molecular formula is C24H37NO6. The lowest BCUT2D eigenvalue weighted by Gasteiger charge is -2.38. The Morgan fingerprint density at radius 1 is 1.16 bits per heavy atom. The molecule has 0 aliphatic carbocycles. The van der Waals surface area contributed by atoms with E-state index in [0.717, 1.165) is 50.7 Å². The van der Waals surface area contributed by atoms with Crippen molar-refractivity contribution in [1.82, 2.24) is 4.90 Å². The first-order valence-corrected chi connectivity index (χ1v) is 11.3. The van der Waals surface area contributed by atoms with Crippen LogP contribution in [0.2, 0.25) is 0 Å². The van der Waals surface area contributed by atoms with E-state index in [0.29, 0.717) is 24.7 Å². The maximum absolute atomic E-state index is 13.0. The van der Waals surface area contributed by atoms with Crippen LogP contribution in [0.4, 0.5) is 4.79 Å². The molecule has 0 aromatic heterocycles. The molecule has 2 heterocycles. The van der Waals surface area contributed by atoms with Gasteiger partial charge in [-0.15, -0.1) is 0 Å². The van der Waals surface area contributed by atoms with Crippen molar-refractivity contribution in [2.45, 2.75) is 77.2 Å². The highest BCUT2D eigenvalue weighted by atomic mass is 16.7. The Labute approximate surface area is 185 Å². The van der Waals surface area contributed by atoms with Crippen molar-refractivity contribution in [3.63, 3.8) is 0 Å². The number of amides is 1. The molecule has 7 nitrogen and oxygen atoms in total. The molecule has 1 saturated heterocycles. The molecule has 1 aromatic rings. The van der Waals surface area contributed by atoms with Gasteiger partial charge in [-0.05, 0) is 82.6 Å². The number of benzene rings is 1. The molecule has 0 saturated carbocycles. The summed E-state index contributed by atoms with van der Waals surface area (Å²) in [4.78, 5) is 14.8. The highest BCUT2D eigenvalue weighted by molar-refractivity contribution is 5.70. The number of fused-ring (bicyclic) bond motifs is 1. The van der Waals surface area contributed by atoms with Crippen LogP contribution in [0, 0.1) is 0 Å². The topological polar surface area (TPSA) is 66.5 Å². The zero-order chi connectivity index (χ0) is 22.4. The molecule has 1 amide bonds. The van der Waals surface area contributed by atoms with Gasteiger partial charge in [0.25, 0.3) is 0 Å². The zero-order valence-electron chi connectivity index (χ0n) is 19.6. The molecule has 0 spiro atoms. The molecule has 2 atom stereocenters. The van der Waals surface area contributed by atoms with E-state index in [-0.39, 0.29) is 18.4 Å². The quantitative estimate of drug-likeness (QED) is 0.570. The van der Waals surface area contributed by atoms with Crippen molar-refractivity contribution in [2.24, 2.45) is 0 Å². The van der Waals surface area contributed by atoms with Gasteiger partial charge in [-0.25, -0.2) is 4.79 Å². The van der Waals surface area contributed by atoms with Crippen LogP contribution in [0.5, 0.6) is 11.5 Å². The third kappa shape index (κ3) is 6.26. The summed E-state index contributed by atoms with van der Waals surface area (Å²) < 4.78 is 28.3. The Hall–Kier alpha value is -1.99. The lowest BCUT2D eigenvalue weighted by Crippen LogP contribution is -2.43. The number of carbonyl (C=O) groups excluding carboxylic acids is 1. The van der Waals surface area contributed by atoms with Gasteiger partial charge in [0.15, 0.2) is 17.8 Å². The van der Waals surface area contributed by atoms with E-state index in [9.17, 15) is 4.79 Å². The number of carbonyl (C=O) groups is 1. The van der Waals surface area contributed by atoms with Crippen LogP contribution in [-0.2, 0) is 20.6 Å². The third-order valence-electron chi connectivity index (χ3n) is 5.69. The molecule has 2 aliphatic rings. The predicted molar refractivity (Wildman–Crippen MR) is 118 cm³/mol. The summed E-state index contributed by atoms with van der Waals surface area (Å²) in [5.74, 6) is 1.38. The molecule has 7 heteroatoms. The average Bonchev–Trinajstić information content (AvgIpc) is 2.75. The smallest absolute Gasteiger partial charge is 0.410 e. The minimum atomic E-state index is -0.541. The predicted octanol–water partition coefficient (Wildman–Crippen LogP) is 4.86. The van der Waals surface area contributed by atoms with Gasteiger partial charge in [0.2, 0.25) is 0 Å². The second-order valence-electron chi connectivity index (χ2n) is 9.15. The van der Waals surface area contributed by atoms with Crippen molar-refractivity contribution in [3.8, 4) is 11.5 Å². The van der Waals surface area contributed by atoms with Crippen molar-refractivity contribution >= 4 is 6.09 Å². The maximum atomic E-state index is 13.0. The Morgan fingerprint density at radius 3 is 2.55 bits per heavy atom. The lowest BCUT2D eigenvalue weighted by atomic mass is 9.89. The summed E-state index contributed by atoms with van der Waals surface area (Å²) in [7, 11) is 3.27. The number of methoxy groups -OCH3 is 2. The first kappa shape index (κ1) is 23.7. The van der Waals surface area contributed by atoms with Crippen molar-refractivity contribution < 1.29 is 28.5 Å². The number of nitrogens with zero attached hydrogens (tertiary/aromatic N) is 1. The number of ether oxygens (including phenoxy) is 5. The Morgan fingerprint density at radius 2 is 1.90 bits per heavy atom. The largest absolute Gasteiger partial charge is 0.493 e. The number of hydrogen-bond acceptors (Lipinski definition) is 6. The Kier molecular flexibility index (Phi) is 8.06. The maximum Gasteiger partial charge on any atom is 0.410 e. The second kappa shape index (κ2) is 10.6. The number of rotatable bonds is 7. The van der Waals surface area contributed by atoms with Gasteiger partial charge in [-0.1, -0.05) is 0 Å². The average molecular weight is 436 g/mol. The highest BCUT2D eigenvalue weighted by Crippen LogP contribution is 2.40. The summed E-state index contributed by atoms with van der Waals surface area (Å²) in [6, 6.07) is 3.93. The third-order valence-corrected chi connectivity index (χ3v) is 5.69. The van der Waals surface area contributed by atoms with E-state index in [1.54, 1.807) is 14.2 Å². The minimum Gasteiger partial charge on any atom is -0.493 e. The van der Waals surface area contributed by atoms with Crippen molar-refractivity contribution in [2.75, 3.05) is 34.0 Å². The summed E-state index contributed by atoms with van der Waals surface area (Å²) in [5.41, 5.74) is 1.73. The normalized spacial score (nSPS) is 21.4. The molecular weight excluding hydrogens is 398 g/mol. The number of hydrogen-bond donors (Lipinski definition) is 0. The van der Waals surface area contributed by atoms with Gasteiger partial charge < -0.3 is 28.6 Å². The van der Waals surface area contributed by atoms with Gasteiger partial charge >= 0.3 is 6.09 Å².